The molecule has 0 unspecified atom stereocenters. The van der Waals surface area contributed by atoms with Crippen molar-refractivity contribution in [3.63, 3.8) is 0 Å². The number of carbonyl (C=O) groups excluding carboxylic acids is 1. The molecule has 6 heteroatoms. The maximum absolute atomic E-state index is 12.8. The zero-order chi connectivity index (χ0) is 18.1. The molecule has 3 heterocycles. The second kappa shape index (κ2) is 6.48. The number of rotatable bonds is 4. The van der Waals surface area contributed by atoms with Crippen LogP contribution >= 0.6 is 0 Å². The number of pyridine rings is 1. The van der Waals surface area contributed by atoms with E-state index in [4.69, 9.17) is 0 Å². The molecule has 130 valence electrons. The molecule has 4 aromatic rings. The first-order valence-corrected chi connectivity index (χ1v) is 8.44. The van der Waals surface area contributed by atoms with Crippen LogP contribution in [-0.2, 0) is 11.3 Å². The van der Waals surface area contributed by atoms with Crippen molar-refractivity contribution in [1.29, 1.82) is 0 Å². The predicted molar refractivity (Wildman–Crippen MR) is 100.0 cm³/mol. The summed E-state index contributed by atoms with van der Waals surface area (Å²) in [6, 6.07) is 16.8. The molecule has 0 aliphatic heterocycles. The topological polar surface area (TPSA) is 68.4 Å². The van der Waals surface area contributed by atoms with Gasteiger partial charge in [0.25, 0.3) is 5.56 Å². The largest absolute Gasteiger partial charge is 0.348 e. The third kappa shape index (κ3) is 2.75. The Balaban J connectivity index is 1.69. The molecule has 3 aromatic heterocycles. The van der Waals surface area contributed by atoms with E-state index >= 15 is 0 Å². The van der Waals surface area contributed by atoms with Crippen molar-refractivity contribution in [3.05, 3.63) is 82.9 Å². The highest BCUT2D eigenvalue weighted by atomic mass is 16.2. The van der Waals surface area contributed by atoms with E-state index in [1.54, 1.807) is 16.7 Å². The Bertz CT molecular complexity index is 1140. The molecule has 4 rings (SSSR count). The molecule has 1 atom stereocenters. The molecule has 0 bridgehead atoms. The number of benzene rings is 1. The van der Waals surface area contributed by atoms with E-state index in [0.29, 0.717) is 11.2 Å². The minimum atomic E-state index is -0.233. The standard InChI is InChI=1S/C20H18N4O2/c1-14(15-7-3-2-4-8-15)22-18(25)13-24-19-16(9-5-11-21-19)23-12-6-10-17(23)20(24)26/h2-12,14H,13H2,1H3,(H,22,25)/t14-/m0/s1. The summed E-state index contributed by atoms with van der Waals surface area (Å²) in [4.78, 5) is 29.7. The second-order valence-corrected chi connectivity index (χ2v) is 6.20. The summed E-state index contributed by atoms with van der Waals surface area (Å²) >= 11 is 0. The molecule has 0 aliphatic carbocycles. The Hall–Kier alpha value is -3.41. The molecular formula is C20H18N4O2. The van der Waals surface area contributed by atoms with Crippen LogP contribution in [-0.4, -0.2) is 19.9 Å². The minimum Gasteiger partial charge on any atom is -0.348 e. The van der Waals surface area contributed by atoms with Gasteiger partial charge in [0.05, 0.1) is 11.6 Å². The van der Waals surface area contributed by atoms with E-state index in [-0.39, 0.29) is 24.1 Å². The molecule has 0 saturated heterocycles. The van der Waals surface area contributed by atoms with Crippen molar-refractivity contribution in [3.8, 4) is 0 Å². The lowest BCUT2D eigenvalue weighted by Crippen LogP contribution is -2.34. The number of nitrogens with zero attached hydrogens (tertiary/aromatic N) is 3. The number of fused-ring (bicyclic) bond motifs is 3. The van der Waals surface area contributed by atoms with Crippen LogP contribution in [0.3, 0.4) is 0 Å². The van der Waals surface area contributed by atoms with Gasteiger partial charge in [0.2, 0.25) is 5.91 Å². The van der Waals surface area contributed by atoms with Gasteiger partial charge in [-0.1, -0.05) is 30.3 Å². The van der Waals surface area contributed by atoms with E-state index in [1.165, 1.54) is 4.57 Å². The van der Waals surface area contributed by atoms with Gasteiger partial charge in [-0.15, -0.1) is 0 Å². The van der Waals surface area contributed by atoms with Crippen molar-refractivity contribution in [1.82, 2.24) is 19.3 Å². The molecule has 0 fully saturated rings. The van der Waals surface area contributed by atoms with Crippen LogP contribution in [0.1, 0.15) is 18.5 Å². The zero-order valence-electron chi connectivity index (χ0n) is 14.3. The van der Waals surface area contributed by atoms with Gasteiger partial charge < -0.3 is 9.72 Å². The maximum atomic E-state index is 12.8. The second-order valence-electron chi connectivity index (χ2n) is 6.20. The molecule has 1 aromatic carbocycles. The zero-order valence-corrected chi connectivity index (χ0v) is 14.3. The fourth-order valence-electron chi connectivity index (χ4n) is 3.19. The van der Waals surface area contributed by atoms with Crippen molar-refractivity contribution >= 4 is 22.6 Å². The van der Waals surface area contributed by atoms with Gasteiger partial charge in [-0.05, 0) is 36.8 Å². The fraction of sp³-hybridized carbons (Fsp3) is 0.150. The summed E-state index contributed by atoms with van der Waals surface area (Å²) in [7, 11) is 0. The monoisotopic (exact) mass is 346 g/mol. The summed E-state index contributed by atoms with van der Waals surface area (Å²) in [6.07, 6.45) is 3.45. The van der Waals surface area contributed by atoms with Crippen molar-refractivity contribution in [2.75, 3.05) is 0 Å². The van der Waals surface area contributed by atoms with Crippen LogP contribution in [0.5, 0.6) is 0 Å². The van der Waals surface area contributed by atoms with Gasteiger partial charge >= 0.3 is 0 Å². The minimum absolute atomic E-state index is 0.0782. The Morgan fingerprint density at radius 1 is 1.08 bits per heavy atom. The average Bonchev–Trinajstić information content (AvgIpc) is 3.16. The van der Waals surface area contributed by atoms with E-state index in [0.717, 1.165) is 11.1 Å². The van der Waals surface area contributed by atoms with Crippen LogP contribution in [0.2, 0.25) is 0 Å². The van der Waals surface area contributed by atoms with Gasteiger partial charge in [-0.2, -0.15) is 0 Å². The van der Waals surface area contributed by atoms with Gasteiger partial charge in [-0.3, -0.25) is 14.2 Å². The summed E-state index contributed by atoms with van der Waals surface area (Å²) in [5, 5.41) is 2.95. The fourth-order valence-corrected chi connectivity index (χ4v) is 3.19. The lowest BCUT2D eigenvalue weighted by molar-refractivity contribution is -0.122. The first-order valence-electron chi connectivity index (χ1n) is 8.44. The van der Waals surface area contributed by atoms with Gasteiger partial charge in [0.1, 0.15) is 12.1 Å². The first-order chi connectivity index (χ1) is 12.6. The summed E-state index contributed by atoms with van der Waals surface area (Å²) in [5.41, 5.74) is 2.58. The lowest BCUT2D eigenvalue weighted by Gasteiger charge is -2.16. The van der Waals surface area contributed by atoms with Gasteiger partial charge in [0, 0.05) is 12.4 Å². The molecule has 0 spiro atoms. The molecule has 6 nitrogen and oxygen atoms in total. The SMILES string of the molecule is C[C@H](NC(=O)Cn1c(=O)c2cccn2c2cccnc21)c1ccccc1. The third-order valence-corrected chi connectivity index (χ3v) is 4.47. The van der Waals surface area contributed by atoms with Crippen LogP contribution in [0.4, 0.5) is 0 Å². The van der Waals surface area contributed by atoms with Gasteiger partial charge in [-0.25, -0.2) is 4.98 Å². The van der Waals surface area contributed by atoms with Crippen LogP contribution in [0.15, 0.2) is 71.8 Å². The van der Waals surface area contributed by atoms with Crippen LogP contribution in [0, 0.1) is 0 Å². The number of hydrogen-bond acceptors (Lipinski definition) is 3. The van der Waals surface area contributed by atoms with E-state index in [9.17, 15) is 9.59 Å². The maximum Gasteiger partial charge on any atom is 0.276 e. The normalized spacial score (nSPS) is 12.3. The number of amides is 1. The molecule has 0 saturated carbocycles. The smallest absolute Gasteiger partial charge is 0.276 e. The third-order valence-electron chi connectivity index (χ3n) is 4.47. The molecule has 26 heavy (non-hydrogen) atoms. The van der Waals surface area contributed by atoms with Crippen LogP contribution in [0.25, 0.3) is 16.7 Å². The average molecular weight is 346 g/mol. The first kappa shape index (κ1) is 16.1. The number of hydrogen-bond donors (Lipinski definition) is 1. The van der Waals surface area contributed by atoms with Crippen molar-refractivity contribution in [2.45, 2.75) is 19.5 Å². The number of carbonyl (C=O) groups is 1. The number of nitrogens with one attached hydrogen (secondary N) is 1. The van der Waals surface area contributed by atoms with E-state index in [1.807, 2.05) is 61.7 Å². The molecule has 0 aliphatic rings. The predicted octanol–water partition coefficient (Wildman–Crippen LogP) is 2.53. The Kier molecular flexibility index (Phi) is 4.01. The summed E-state index contributed by atoms with van der Waals surface area (Å²) in [5.74, 6) is -0.230. The Morgan fingerprint density at radius 3 is 2.65 bits per heavy atom. The number of aromatic nitrogens is 3. The molecule has 1 N–H and O–H groups in total. The molecular weight excluding hydrogens is 328 g/mol. The van der Waals surface area contributed by atoms with Crippen molar-refractivity contribution in [2.24, 2.45) is 0 Å². The highest BCUT2D eigenvalue weighted by molar-refractivity contribution is 5.80. The van der Waals surface area contributed by atoms with E-state index in [2.05, 4.69) is 10.3 Å². The van der Waals surface area contributed by atoms with Gasteiger partial charge in [0.15, 0.2) is 5.65 Å². The lowest BCUT2D eigenvalue weighted by atomic mass is 10.1. The quantitative estimate of drug-likeness (QED) is 0.617. The summed E-state index contributed by atoms with van der Waals surface area (Å²) < 4.78 is 3.23. The molecule has 1 amide bonds. The van der Waals surface area contributed by atoms with E-state index < -0.39 is 0 Å². The highest BCUT2D eigenvalue weighted by Gasteiger charge is 2.15. The van der Waals surface area contributed by atoms with Crippen molar-refractivity contribution < 1.29 is 4.79 Å². The Morgan fingerprint density at radius 2 is 1.85 bits per heavy atom. The highest BCUT2D eigenvalue weighted by Crippen LogP contribution is 2.14. The molecule has 0 radical (unpaired) electrons. The van der Waals surface area contributed by atoms with Crippen LogP contribution < -0.4 is 10.9 Å². The Labute approximate surface area is 149 Å². The summed E-state index contributed by atoms with van der Waals surface area (Å²) in [6.45, 7) is 1.84.